The van der Waals surface area contributed by atoms with Crippen molar-refractivity contribution in [2.75, 3.05) is 11.3 Å². The van der Waals surface area contributed by atoms with Gasteiger partial charge in [0.15, 0.2) is 0 Å². The van der Waals surface area contributed by atoms with Crippen molar-refractivity contribution >= 4 is 43.2 Å². The van der Waals surface area contributed by atoms with Crippen molar-refractivity contribution in [3.05, 3.63) is 83.4 Å². The maximum atomic E-state index is 12.6. The van der Waals surface area contributed by atoms with Gasteiger partial charge < -0.3 is 4.74 Å². The summed E-state index contributed by atoms with van der Waals surface area (Å²) in [6.07, 6.45) is 0. The maximum Gasteiger partial charge on any atom is 0.338 e. The highest BCUT2D eigenvalue weighted by Gasteiger charge is 2.14. The Morgan fingerprint density at radius 3 is 2.44 bits per heavy atom. The molecule has 0 unspecified atom stereocenters. The molecule has 0 fully saturated rings. The number of thiazole rings is 1. The molecule has 1 aromatic heterocycles. The van der Waals surface area contributed by atoms with Gasteiger partial charge in [0.1, 0.15) is 5.01 Å². The molecule has 0 aliphatic rings. The Hall–Kier alpha value is -3.23. The molecule has 0 atom stereocenters. The van der Waals surface area contributed by atoms with Crippen LogP contribution < -0.4 is 4.72 Å². The third kappa shape index (κ3) is 5.15. The number of hydrogen-bond donors (Lipinski definition) is 1. The molecule has 3 aromatic carbocycles. The minimum atomic E-state index is -3.61. The van der Waals surface area contributed by atoms with Crippen molar-refractivity contribution in [2.45, 2.75) is 19.6 Å². The zero-order chi connectivity index (χ0) is 22.7. The van der Waals surface area contributed by atoms with Crippen molar-refractivity contribution in [2.24, 2.45) is 0 Å². The van der Waals surface area contributed by atoms with E-state index in [1.54, 1.807) is 54.7 Å². The van der Waals surface area contributed by atoms with E-state index in [4.69, 9.17) is 4.74 Å². The summed E-state index contributed by atoms with van der Waals surface area (Å²) in [5.74, 6) is -0.627. The second-order valence-electron chi connectivity index (χ2n) is 7.35. The molecular weight excluding hydrogens is 444 g/mol. The normalized spacial score (nSPS) is 11.4. The van der Waals surface area contributed by atoms with Crippen LogP contribution in [-0.4, -0.2) is 26.0 Å². The molecule has 0 aliphatic heterocycles. The quantitative estimate of drug-likeness (QED) is 0.369. The number of hydrogen-bond acceptors (Lipinski definition) is 6. The van der Waals surface area contributed by atoms with Gasteiger partial charge in [-0.1, -0.05) is 18.2 Å². The minimum Gasteiger partial charge on any atom is -0.462 e. The highest BCUT2D eigenvalue weighted by Crippen LogP contribution is 2.31. The van der Waals surface area contributed by atoms with E-state index in [1.807, 2.05) is 24.3 Å². The van der Waals surface area contributed by atoms with Crippen LogP contribution in [0.4, 0.5) is 5.69 Å². The van der Waals surface area contributed by atoms with Crippen LogP contribution in [0.3, 0.4) is 0 Å². The number of sulfonamides is 1. The zero-order valence-corrected chi connectivity index (χ0v) is 19.3. The molecule has 1 N–H and O–H groups in total. The van der Waals surface area contributed by atoms with Crippen molar-refractivity contribution in [1.29, 1.82) is 0 Å². The summed E-state index contributed by atoms with van der Waals surface area (Å²) in [4.78, 5) is 16.4. The second-order valence-corrected chi connectivity index (χ2v) is 10.1. The van der Waals surface area contributed by atoms with Gasteiger partial charge in [-0.3, -0.25) is 4.72 Å². The molecule has 0 radical (unpaired) electrons. The number of carbonyl (C=O) groups excluding carboxylic acids is 1. The minimum absolute atomic E-state index is 0.199. The van der Waals surface area contributed by atoms with E-state index in [2.05, 4.69) is 22.7 Å². The van der Waals surface area contributed by atoms with Crippen LogP contribution in [0.5, 0.6) is 0 Å². The van der Waals surface area contributed by atoms with Gasteiger partial charge in [0.2, 0.25) is 10.0 Å². The summed E-state index contributed by atoms with van der Waals surface area (Å²) in [5.41, 5.74) is 4.52. The fourth-order valence-electron chi connectivity index (χ4n) is 3.22. The molecule has 4 aromatic rings. The van der Waals surface area contributed by atoms with Gasteiger partial charge >= 0.3 is 5.97 Å². The highest BCUT2D eigenvalue weighted by atomic mass is 32.2. The first-order chi connectivity index (χ1) is 15.3. The number of carbonyl (C=O) groups is 1. The SMILES string of the molecule is CCOC(=O)c1ccc(CS(=O)(=O)Nc2ccc(-c3nc4ccc(C)cc4s3)cc2)cc1. The molecule has 4 rings (SSSR count). The number of ether oxygens (including phenoxy) is 1. The first kappa shape index (κ1) is 22.0. The van der Waals surface area contributed by atoms with Crippen LogP contribution in [0.1, 0.15) is 28.4 Å². The molecule has 1 heterocycles. The van der Waals surface area contributed by atoms with Crippen LogP contribution >= 0.6 is 11.3 Å². The molecule has 0 saturated heterocycles. The molecule has 32 heavy (non-hydrogen) atoms. The summed E-state index contributed by atoms with van der Waals surface area (Å²) < 4.78 is 33.8. The average Bonchev–Trinajstić information content (AvgIpc) is 3.17. The Morgan fingerprint density at radius 1 is 1.03 bits per heavy atom. The number of benzene rings is 3. The smallest absolute Gasteiger partial charge is 0.338 e. The molecule has 0 aliphatic carbocycles. The topological polar surface area (TPSA) is 85.4 Å². The zero-order valence-electron chi connectivity index (χ0n) is 17.7. The van der Waals surface area contributed by atoms with E-state index < -0.39 is 16.0 Å². The predicted molar refractivity (Wildman–Crippen MR) is 128 cm³/mol. The second kappa shape index (κ2) is 9.10. The molecule has 6 nitrogen and oxygen atoms in total. The highest BCUT2D eigenvalue weighted by molar-refractivity contribution is 7.91. The Bertz CT molecular complexity index is 1360. The Morgan fingerprint density at radius 2 is 1.75 bits per heavy atom. The lowest BCUT2D eigenvalue weighted by Crippen LogP contribution is -2.15. The number of rotatable bonds is 7. The lowest BCUT2D eigenvalue weighted by molar-refractivity contribution is 0.0526. The average molecular weight is 467 g/mol. The van der Waals surface area contributed by atoms with Crippen LogP contribution in [0.15, 0.2) is 66.7 Å². The standard InChI is InChI=1S/C24H22N2O4S2/c1-3-30-24(27)19-7-5-17(6-8-19)15-32(28,29)26-20-11-9-18(10-12-20)23-25-21-13-4-16(2)14-22(21)31-23/h4-14,26H,3,15H2,1-2H3. The number of anilines is 1. The summed E-state index contributed by atoms with van der Waals surface area (Å²) in [5, 5.41) is 0.890. The van der Waals surface area contributed by atoms with Gasteiger partial charge in [0.05, 0.1) is 28.1 Å². The number of nitrogens with zero attached hydrogens (tertiary/aromatic N) is 1. The summed E-state index contributed by atoms with van der Waals surface area (Å²) >= 11 is 1.61. The van der Waals surface area contributed by atoms with Crippen LogP contribution in [0, 0.1) is 6.92 Å². The number of nitrogens with one attached hydrogen (secondary N) is 1. The van der Waals surface area contributed by atoms with Crippen LogP contribution in [-0.2, 0) is 20.5 Å². The van der Waals surface area contributed by atoms with Crippen LogP contribution in [0.25, 0.3) is 20.8 Å². The van der Waals surface area contributed by atoms with E-state index in [9.17, 15) is 13.2 Å². The molecule has 0 amide bonds. The number of esters is 1. The summed E-state index contributed by atoms with van der Waals surface area (Å²) in [7, 11) is -3.61. The molecule has 0 bridgehead atoms. The van der Waals surface area contributed by atoms with Gasteiger partial charge in [-0.2, -0.15) is 0 Å². The van der Waals surface area contributed by atoms with Crippen molar-refractivity contribution in [3.8, 4) is 10.6 Å². The monoisotopic (exact) mass is 466 g/mol. The van der Waals surface area contributed by atoms with Gasteiger partial charge in [0, 0.05) is 11.3 Å². The van der Waals surface area contributed by atoms with Crippen molar-refractivity contribution < 1.29 is 17.9 Å². The molecule has 8 heteroatoms. The van der Waals surface area contributed by atoms with Crippen molar-refractivity contribution in [1.82, 2.24) is 4.98 Å². The molecular formula is C24H22N2O4S2. The van der Waals surface area contributed by atoms with E-state index in [1.165, 1.54) is 5.56 Å². The van der Waals surface area contributed by atoms with Gasteiger partial charge in [0.25, 0.3) is 0 Å². The predicted octanol–water partition coefficient (Wildman–Crippen LogP) is 5.39. The number of fused-ring (bicyclic) bond motifs is 1. The summed E-state index contributed by atoms with van der Waals surface area (Å²) in [6, 6.07) is 19.7. The van der Waals surface area contributed by atoms with E-state index in [0.717, 1.165) is 20.8 Å². The number of aromatic nitrogens is 1. The Balaban J connectivity index is 1.44. The first-order valence-corrected chi connectivity index (χ1v) is 12.5. The largest absolute Gasteiger partial charge is 0.462 e. The van der Waals surface area contributed by atoms with Gasteiger partial charge in [-0.25, -0.2) is 18.2 Å². The number of aryl methyl sites for hydroxylation is 1. The molecule has 164 valence electrons. The fourth-order valence-corrected chi connectivity index (χ4v) is 5.49. The van der Waals surface area contributed by atoms with Crippen molar-refractivity contribution in [3.63, 3.8) is 0 Å². The molecule has 0 saturated carbocycles. The lowest BCUT2D eigenvalue weighted by atomic mass is 10.1. The Kier molecular flexibility index (Phi) is 6.25. The van der Waals surface area contributed by atoms with E-state index in [-0.39, 0.29) is 12.4 Å². The fraction of sp³-hybridized carbons (Fsp3) is 0.167. The third-order valence-electron chi connectivity index (χ3n) is 4.77. The van der Waals surface area contributed by atoms with E-state index in [0.29, 0.717) is 16.8 Å². The molecule has 0 spiro atoms. The third-order valence-corrected chi connectivity index (χ3v) is 7.10. The van der Waals surface area contributed by atoms with Crippen LogP contribution in [0.2, 0.25) is 0 Å². The maximum absolute atomic E-state index is 12.6. The lowest BCUT2D eigenvalue weighted by Gasteiger charge is -2.09. The van der Waals surface area contributed by atoms with Gasteiger partial charge in [-0.05, 0) is 73.5 Å². The first-order valence-electron chi connectivity index (χ1n) is 10.1. The van der Waals surface area contributed by atoms with Gasteiger partial charge in [-0.15, -0.1) is 11.3 Å². The summed E-state index contributed by atoms with van der Waals surface area (Å²) in [6.45, 7) is 4.07. The Labute approximate surface area is 190 Å². The van der Waals surface area contributed by atoms with E-state index >= 15 is 0 Å².